The van der Waals surface area contributed by atoms with Gasteiger partial charge in [0.2, 0.25) is 0 Å². The van der Waals surface area contributed by atoms with Gasteiger partial charge in [0.05, 0.1) is 12.0 Å². The lowest BCUT2D eigenvalue weighted by atomic mass is 10.2. The van der Waals surface area contributed by atoms with Crippen LogP contribution in [0.25, 0.3) is 0 Å². The quantitative estimate of drug-likeness (QED) is 0.692. The van der Waals surface area contributed by atoms with Crippen molar-refractivity contribution >= 4 is 11.6 Å². The molecule has 0 radical (unpaired) electrons. The number of rotatable bonds is 6. The van der Waals surface area contributed by atoms with Crippen LogP contribution in [0.15, 0.2) is 30.3 Å². The van der Waals surface area contributed by atoms with Crippen molar-refractivity contribution in [2.45, 2.75) is 11.9 Å². The minimum atomic E-state index is 0.0590. The van der Waals surface area contributed by atoms with Gasteiger partial charge in [-0.3, -0.25) is 0 Å². The van der Waals surface area contributed by atoms with Crippen LogP contribution in [-0.4, -0.2) is 37.6 Å². The van der Waals surface area contributed by atoms with Gasteiger partial charge in [-0.1, -0.05) is 30.3 Å². The van der Waals surface area contributed by atoms with Crippen molar-refractivity contribution in [2.75, 3.05) is 27.3 Å². The average molecular weight is 228 g/mol. The predicted molar refractivity (Wildman–Crippen MR) is 64.3 cm³/mol. The molecule has 0 saturated heterocycles. The third kappa shape index (κ3) is 5.17. The average Bonchev–Trinajstić information content (AvgIpc) is 2.19. The van der Waals surface area contributed by atoms with Gasteiger partial charge in [0.1, 0.15) is 0 Å². The molecule has 1 rings (SSSR count). The molecule has 0 aromatic heterocycles. The van der Waals surface area contributed by atoms with E-state index in [4.69, 9.17) is 16.3 Å². The molecule has 0 aliphatic carbocycles. The first-order valence-corrected chi connectivity index (χ1v) is 5.51. The highest BCUT2D eigenvalue weighted by Crippen LogP contribution is 2.05. The van der Waals surface area contributed by atoms with E-state index in [0.717, 1.165) is 13.1 Å². The zero-order chi connectivity index (χ0) is 11.1. The molecule has 0 saturated carbocycles. The molecule has 2 nitrogen and oxygen atoms in total. The number of benzene rings is 1. The van der Waals surface area contributed by atoms with E-state index < -0.39 is 0 Å². The molecular weight excluding hydrogens is 210 g/mol. The first kappa shape index (κ1) is 12.5. The Morgan fingerprint density at radius 1 is 1.33 bits per heavy atom. The number of nitrogens with zero attached hydrogens (tertiary/aromatic N) is 1. The number of ether oxygens (including phenoxy) is 1. The van der Waals surface area contributed by atoms with Crippen LogP contribution in [-0.2, 0) is 11.3 Å². The van der Waals surface area contributed by atoms with E-state index in [1.807, 2.05) is 6.07 Å². The van der Waals surface area contributed by atoms with Crippen molar-refractivity contribution in [3.63, 3.8) is 0 Å². The van der Waals surface area contributed by atoms with Gasteiger partial charge in [-0.2, -0.15) is 0 Å². The summed E-state index contributed by atoms with van der Waals surface area (Å²) in [6.45, 7) is 2.36. The van der Waals surface area contributed by atoms with Gasteiger partial charge >= 0.3 is 0 Å². The second-order valence-corrected chi connectivity index (χ2v) is 4.35. The van der Waals surface area contributed by atoms with Crippen molar-refractivity contribution in [1.29, 1.82) is 0 Å². The molecule has 3 heteroatoms. The fraction of sp³-hybridized carbons (Fsp3) is 0.500. The van der Waals surface area contributed by atoms with Crippen LogP contribution in [0.4, 0.5) is 0 Å². The molecule has 0 amide bonds. The number of hydrogen-bond donors (Lipinski definition) is 0. The molecule has 84 valence electrons. The van der Waals surface area contributed by atoms with Gasteiger partial charge in [0.15, 0.2) is 0 Å². The minimum absolute atomic E-state index is 0.0590. The summed E-state index contributed by atoms with van der Waals surface area (Å²) < 4.78 is 5.00. The van der Waals surface area contributed by atoms with E-state index >= 15 is 0 Å². The molecule has 1 unspecified atom stereocenters. The van der Waals surface area contributed by atoms with Crippen LogP contribution in [0.5, 0.6) is 0 Å². The second-order valence-electron chi connectivity index (χ2n) is 3.73. The van der Waals surface area contributed by atoms with Crippen LogP contribution in [0, 0.1) is 0 Å². The lowest BCUT2D eigenvalue weighted by Gasteiger charge is -2.19. The van der Waals surface area contributed by atoms with Crippen LogP contribution < -0.4 is 0 Å². The summed E-state index contributed by atoms with van der Waals surface area (Å²) in [6.07, 6.45) is 0. The summed E-state index contributed by atoms with van der Waals surface area (Å²) in [4.78, 5) is 2.20. The highest BCUT2D eigenvalue weighted by molar-refractivity contribution is 6.20. The third-order valence-electron chi connectivity index (χ3n) is 2.15. The summed E-state index contributed by atoms with van der Waals surface area (Å²) in [5, 5.41) is 0.0590. The SMILES string of the molecule is COCC(Cl)CN(C)Cc1ccccc1. The fourth-order valence-electron chi connectivity index (χ4n) is 1.53. The molecule has 0 fully saturated rings. The van der Waals surface area contributed by atoms with Crippen molar-refractivity contribution < 1.29 is 4.74 Å². The molecule has 0 aliphatic rings. The normalized spacial score (nSPS) is 13.1. The zero-order valence-corrected chi connectivity index (χ0v) is 10.1. The second kappa shape index (κ2) is 6.83. The summed E-state index contributed by atoms with van der Waals surface area (Å²) in [5.41, 5.74) is 1.31. The van der Waals surface area contributed by atoms with Gasteiger partial charge in [-0.25, -0.2) is 0 Å². The molecule has 0 bridgehead atoms. The zero-order valence-electron chi connectivity index (χ0n) is 9.32. The predicted octanol–water partition coefficient (Wildman–Crippen LogP) is 2.37. The molecule has 0 N–H and O–H groups in total. The summed E-state index contributed by atoms with van der Waals surface area (Å²) in [6, 6.07) is 10.4. The molecule has 0 heterocycles. The van der Waals surface area contributed by atoms with E-state index in [9.17, 15) is 0 Å². The maximum atomic E-state index is 6.08. The largest absolute Gasteiger partial charge is 0.383 e. The monoisotopic (exact) mass is 227 g/mol. The van der Waals surface area contributed by atoms with E-state index in [0.29, 0.717) is 6.61 Å². The van der Waals surface area contributed by atoms with Crippen molar-refractivity contribution in [3.05, 3.63) is 35.9 Å². The number of methoxy groups -OCH3 is 1. The highest BCUT2D eigenvalue weighted by atomic mass is 35.5. The van der Waals surface area contributed by atoms with E-state index in [1.165, 1.54) is 5.56 Å². The first-order valence-electron chi connectivity index (χ1n) is 5.08. The number of hydrogen-bond acceptors (Lipinski definition) is 2. The Kier molecular flexibility index (Phi) is 5.69. The topological polar surface area (TPSA) is 12.5 Å². The van der Waals surface area contributed by atoms with Gasteiger partial charge in [-0.05, 0) is 12.6 Å². The van der Waals surface area contributed by atoms with Crippen LogP contribution in [0.2, 0.25) is 0 Å². The number of alkyl halides is 1. The smallest absolute Gasteiger partial charge is 0.0696 e. The summed E-state index contributed by atoms with van der Waals surface area (Å²) in [7, 11) is 3.74. The van der Waals surface area contributed by atoms with Crippen LogP contribution in [0.3, 0.4) is 0 Å². The minimum Gasteiger partial charge on any atom is -0.383 e. The van der Waals surface area contributed by atoms with E-state index in [2.05, 4.69) is 36.2 Å². The van der Waals surface area contributed by atoms with E-state index in [1.54, 1.807) is 7.11 Å². The first-order chi connectivity index (χ1) is 7.22. The van der Waals surface area contributed by atoms with Gasteiger partial charge < -0.3 is 9.64 Å². The van der Waals surface area contributed by atoms with Gasteiger partial charge in [-0.15, -0.1) is 11.6 Å². The van der Waals surface area contributed by atoms with E-state index in [-0.39, 0.29) is 5.38 Å². The maximum Gasteiger partial charge on any atom is 0.0696 e. The Morgan fingerprint density at radius 2 is 2.00 bits per heavy atom. The molecular formula is C12H18ClNO. The number of halogens is 1. The van der Waals surface area contributed by atoms with Crippen LogP contribution in [0.1, 0.15) is 5.56 Å². The van der Waals surface area contributed by atoms with Crippen molar-refractivity contribution in [1.82, 2.24) is 4.90 Å². The highest BCUT2D eigenvalue weighted by Gasteiger charge is 2.08. The lowest BCUT2D eigenvalue weighted by molar-refractivity contribution is 0.181. The summed E-state index contributed by atoms with van der Waals surface area (Å²) in [5.74, 6) is 0. The molecule has 1 atom stereocenters. The maximum absolute atomic E-state index is 6.08. The Balaban J connectivity index is 2.33. The fourth-order valence-corrected chi connectivity index (χ4v) is 1.89. The Hall–Kier alpha value is -0.570. The molecule has 1 aromatic carbocycles. The molecule has 0 spiro atoms. The summed E-state index contributed by atoms with van der Waals surface area (Å²) >= 11 is 6.08. The molecule has 15 heavy (non-hydrogen) atoms. The Labute approximate surface area is 96.8 Å². The Morgan fingerprint density at radius 3 is 2.60 bits per heavy atom. The Bertz CT molecular complexity index is 266. The van der Waals surface area contributed by atoms with Crippen LogP contribution >= 0.6 is 11.6 Å². The third-order valence-corrected chi connectivity index (χ3v) is 2.42. The van der Waals surface area contributed by atoms with Gasteiger partial charge in [0, 0.05) is 20.2 Å². The van der Waals surface area contributed by atoms with Gasteiger partial charge in [0.25, 0.3) is 0 Å². The van der Waals surface area contributed by atoms with Crippen molar-refractivity contribution in [2.24, 2.45) is 0 Å². The van der Waals surface area contributed by atoms with Crippen molar-refractivity contribution in [3.8, 4) is 0 Å². The molecule has 1 aromatic rings. The standard InChI is InChI=1S/C12H18ClNO/c1-14(9-12(13)10-15-2)8-11-6-4-3-5-7-11/h3-7,12H,8-10H2,1-2H3. The molecule has 0 aliphatic heterocycles. The lowest BCUT2D eigenvalue weighted by Crippen LogP contribution is -2.28.